The average molecular weight is 440 g/mol. The Labute approximate surface area is 190 Å². The first-order chi connectivity index (χ1) is 15.5. The van der Waals surface area contributed by atoms with Crippen LogP contribution in [0.25, 0.3) is 5.57 Å². The smallest absolute Gasteiger partial charge is 0.432 e. The van der Waals surface area contributed by atoms with Crippen molar-refractivity contribution in [2.24, 2.45) is 28.6 Å². The number of aromatic nitrogens is 1. The number of pyridine rings is 1. The summed E-state index contributed by atoms with van der Waals surface area (Å²) in [5, 5.41) is 0. The first-order valence-electron chi connectivity index (χ1n) is 12.2. The van der Waals surface area contributed by atoms with Crippen LogP contribution in [-0.2, 0) is 9.47 Å². The van der Waals surface area contributed by atoms with Crippen LogP contribution < -0.4 is 0 Å². The van der Waals surface area contributed by atoms with Gasteiger partial charge in [0.25, 0.3) is 0 Å². The first kappa shape index (κ1) is 21.7. The minimum atomic E-state index is -0.737. The van der Waals surface area contributed by atoms with E-state index in [9.17, 15) is 9.18 Å². The highest BCUT2D eigenvalue weighted by atomic mass is 19.1. The maximum atomic E-state index is 12.3. The van der Waals surface area contributed by atoms with Gasteiger partial charge >= 0.3 is 6.16 Å². The van der Waals surface area contributed by atoms with Crippen LogP contribution >= 0.6 is 0 Å². The van der Waals surface area contributed by atoms with E-state index in [1.165, 1.54) is 29.6 Å². The Morgan fingerprint density at radius 3 is 2.78 bits per heavy atom. The van der Waals surface area contributed by atoms with Crippen LogP contribution in [0.15, 0.2) is 42.3 Å². The van der Waals surface area contributed by atoms with Crippen molar-refractivity contribution in [1.29, 1.82) is 0 Å². The van der Waals surface area contributed by atoms with Gasteiger partial charge in [-0.2, -0.15) is 0 Å². The number of hydrogen-bond donors (Lipinski definition) is 0. The molecule has 0 aromatic carbocycles. The van der Waals surface area contributed by atoms with Crippen LogP contribution in [-0.4, -0.2) is 30.5 Å². The fraction of sp³-hybridized carbons (Fsp3) is 0.630. The molecule has 0 spiro atoms. The summed E-state index contributed by atoms with van der Waals surface area (Å²) >= 11 is 0. The first-order valence-corrected chi connectivity index (χ1v) is 12.2. The number of hydrogen-bond acceptors (Lipinski definition) is 4. The SMILES string of the molecule is C[C@]12CC[C@H](OC(=O)OCCF)CC1=CC[C@@H]1[C@@H]2CC[C@]2(C)C(c3cccnc3)=CC[C@@H]12. The Hall–Kier alpha value is -2.17. The molecule has 5 rings (SSSR count). The molecule has 0 N–H and O–H groups in total. The van der Waals surface area contributed by atoms with Crippen LogP contribution in [0.5, 0.6) is 0 Å². The lowest BCUT2D eigenvalue weighted by atomic mass is 9.47. The van der Waals surface area contributed by atoms with Crippen LogP contribution in [0.4, 0.5) is 9.18 Å². The number of allylic oxidation sites excluding steroid dienone is 3. The lowest BCUT2D eigenvalue weighted by Crippen LogP contribution is -2.50. The predicted octanol–water partition coefficient (Wildman–Crippen LogP) is 6.53. The molecular weight excluding hydrogens is 405 g/mol. The summed E-state index contributed by atoms with van der Waals surface area (Å²) in [4.78, 5) is 16.2. The minimum absolute atomic E-state index is 0.155. The second kappa shape index (κ2) is 8.31. The van der Waals surface area contributed by atoms with Crippen molar-refractivity contribution in [3.05, 3.63) is 47.8 Å². The predicted molar refractivity (Wildman–Crippen MR) is 121 cm³/mol. The van der Waals surface area contributed by atoms with E-state index in [1.54, 1.807) is 0 Å². The molecule has 6 atom stereocenters. The molecule has 0 amide bonds. The molecule has 1 aromatic rings. The quantitative estimate of drug-likeness (QED) is 0.395. The molecule has 5 heteroatoms. The molecule has 0 saturated heterocycles. The number of ether oxygens (including phenoxy) is 2. The Morgan fingerprint density at radius 1 is 1.16 bits per heavy atom. The summed E-state index contributed by atoms with van der Waals surface area (Å²) in [6.07, 6.45) is 15.3. The molecule has 0 bridgehead atoms. The van der Waals surface area contributed by atoms with Gasteiger partial charge in [-0.3, -0.25) is 4.98 Å². The van der Waals surface area contributed by atoms with Gasteiger partial charge in [-0.25, -0.2) is 9.18 Å². The summed E-state index contributed by atoms with van der Waals surface area (Å²) in [5.74, 6) is 2.05. The molecule has 0 unspecified atom stereocenters. The van der Waals surface area contributed by atoms with Gasteiger partial charge in [0, 0.05) is 18.8 Å². The van der Waals surface area contributed by atoms with Crippen LogP contribution in [0.1, 0.15) is 64.4 Å². The summed E-state index contributed by atoms with van der Waals surface area (Å²) in [6.45, 7) is 4.02. The Morgan fingerprint density at radius 2 is 2.00 bits per heavy atom. The molecule has 0 aliphatic heterocycles. The topological polar surface area (TPSA) is 48.4 Å². The summed E-state index contributed by atoms with van der Waals surface area (Å²) in [6, 6.07) is 4.25. The van der Waals surface area contributed by atoms with Gasteiger partial charge in [0.05, 0.1) is 0 Å². The maximum absolute atomic E-state index is 12.3. The molecule has 1 aromatic heterocycles. The molecule has 172 valence electrons. The lowest BCUT2D eigenvalue weighted by Gasteiger charge is -2.57. The normalized spacial score (nSPS) is 38.0. The molecule has 4 nitrogen and oxygen atoms in total. The number of nitrogens with zero attached hydrogens (tertiary/aromatic N) is 1. The van der Waals surface area contributed by atoms with Crippen LogP contribution in [0.2, 0.25) is 0 Å². The van der Waals surface area contributed by atoms with E-state index < -0.39 is 12.8 Å². The van der Waals surface area contributed by atoms with E-state index in [0.717, 1.165) is 32.1 Å². The Bertz CT molecular complexity index is 928. The molecule has 2 fully saturated rings. The van der Waals surface area contributed by atoms with Crippen molar-refractivity contribution < 1.29 is 18.7 Å². The zero-order valence-corrected chi connectivity index (χ0v) is 19.2. The molecule has 4 aliphatic carbocycles. The lowest BCUT2D eigenvalue weighted by molar-refractivity contribution is -0.0363. The van der Waals surface area contributed by atoms with Crippen molar-refractivity contribution in [3.8, 4) is 0 Å². The molecule has 2 saturated carbocycles. The molecule has 32 heavy (non-hydrogen) atoms. The monoisotopic (exact) mass is 439 g/mol. The second-order valence-corrected chi connectivity index (χ2v) is 10.6. The summed E-state index contributed by atoms with van der Waals surface area (Å²) < 4.78 is 22.5. The van der Waals surface area contributed by atoms with Crippen molar-refractivity contribution >= 4 is 11.7 Å². The average Bonchev–Trinajstić information content (AvgIpc) is 3.16. The highest BCUT2D eigenvalue weighted by Gasteiger charge is 2.57. The highest BCUT2D eigenvalue weighted by Crippen LogP contribution is 2.66. The van der Waals surface area contributed by atoms with Crippen LogP contribution in [0, 0.1) is 28.6 Å². The highest BCUT2D eigenvalue weighted by molar-refractivity contribution is 5.72. The van der Waals surface area contributed by atoms with Gasteiger partial charge in [0.2, 0.25) is 0 Å². The largest absolute Gasteiger partial charge is 0.508 e. The molecule has 1 heterocycles. The van der Waals surface area contributed by atoms with Crippen molar-refractivity contribution in [1.82, 2.24) is 4.98 Å². The van der Waals surface area contributed by atoms with Crippen molar-refractivity contribution in [2.45, 2.75) is 64.9 Å². The third kappa shape index (κ3) is 3.48. The minimum Gasteiger partial charge on any atom is -0.432 e. The third-order valence-corrected chi connectivity index (χ3v) is 9.17. The van der Waals surface area contributed by atoms with Gasteiger partial charge in [-0.05, 0) is 84.3 Å². The molecular formula is C27H34FNO3. The van der Waals surface area contributed by atoms with Gasteiger partial charge in [-0.1, -0.05) is 37.6 Å². The number of rotatable bonds is 4. The summed E-state index contributed by atoms with van der Waals surface area (Å²) in [7, 11) is 0. The fourth-order valence-electron chi connectivity index (χ4n) is 7.56. The zero-order valence-electron chi connectivity index (χ0n) is 19.2. The van der Waals surface area contributed by atoms with E-state index in [0.29, 0.717) is 17.8 Å². The number of alkyl halides is 1. The van der Waals surface area contributed by atoms with Crippen molar-refractivity contribution in [3.63, 3.8) is 0 Å². The van der Waals surface area contributed by atoms with Gasteiger partial charge in [0.15, 0.2) is 0 Å². The Balaban J connectivity index is 1.32. The van der Waals surface area contributed by atoms with E-state index in [1.807, 2.05) is 18.5 Å². The van der Waals surface area contributed by atoms with E-state index in [-0.39, 0.29) is 23.5 Å². The van der Waals surface area contributed by atoms with E-state index >= 15 is 0 Å². The number of carbonyl (C=O) groups excluding carboxylic acids is 1. The fourth-order valence-corrected chi connectivity index (χ4v) is 7.56. The summed E-state index contributed by atoms with van der Waals surface area (Å²) in [5.41, 5.74) is 4.65. The van der Waals surface area contributed by atoms with Gasteiger partial charge < -0.3 is 9.47 Å². The number of halogens is 1. The van der Waals surface area contributed by atoms with Crippen molar-refractivity contribution in [2.75, 3.05) is 13.3 Å². The van der Waals surface area contributed by atoms with E-state index in [4.69, 9.17) is 9.47 Å². The van der Waals surface area contributed by atoms with Crippen LogP contribution in [0.3, 0.4) is 0 Å². The maximum Gasteiger partial charge on any atom is 0.508 e. The van der Waals surface area contributed by atoms with E-state index in [2.05, 4.69) is 37.0 Å². The standard InChI is InChI=1S/C27H34FNO3/c1-26-11-9-20(32-25(30)31-15-13-28)16-19(26)5-6-21-23-8-7-22(18-4-3-14-29-17-18)27(23,2)12-10-24(21)26/h3-5,7,14,17,20-21,23-24H,6,8-13,15-16H2,1-2H3/t20-,21-,23-,24-,26-,27+/m0/s1. The molecule has 0 radical (unpaired) electrons. The molecule has 4 aliphatic rings. The third-order valence-electron chi connectivity index (χ3n) is 9.17. The Kier molecular flexibility index (Phi) is 5.63. The van der Waals surface area contributed by atoms with Gasteiger partial charge in [-0.15, -0.1) is 0 Å². The number of fused-ring (bicyclic) bond motifs is 5. The van der Waals surface area contributed by atoms with Gasteiger partial charge in [0.1, 0.15) is 19.4 Å². The zero-order chi connectivity index (χ0) is 22.3. The number of carbonyl (C=O) groups is 1. The second-order valence-electron chi connectivity index (χ2n) is 10.6.